The quantitative estimate of drug-likeness (QED) is 0.462. The Morgan fingerprint density at radius 1 is 0.600 bits per heavy atom. The fourth-order valence-corrected chi connectivity index (χ4v) is 2.40. The molecule has 0 amide bonds. The number of nitrogens with zero attached hydrogens (tertiary/aromatic N) is 2. The van der Waals surface area contributed by atoms with Gasteiger partial charge in [0.2, 0.25) is 0 Å². The fraction of sp³-hybridized carbons (Fsp3) is 0.250. The lowest BCUT2D eigenvalue weighted by atomic mass is 10.1. The summed E-state index contributed by atoms with van der Waals surface area (Å²) in [7, 11) is 0. The van der Waals surface area contributed by atoms with Crippen LogP contribution in [0.3, 0.4) is 0 Å². The van der Waals surface area contributed by atoms with Crippen molar-refractivity contribution in [2.45, 2.75) is 27.7 Å². The molecule has 4 nitrogen and oxygen atoms in total. The van der Waals surface area contributed by atoms with Gasteiger partial charge in [-0.1, -0.05) is 36.4 Å². The first-order chi connectivity index (χ1) is 9.43. The van der Waals surface area contributed by atoms with Crippen LogP contribution >= 0.6 is 0 Å². The molecule has 2 aromatic carbocycles. The van der Waals surface area contributed by atoms with Crippen LogP contribution in [0.5, 0.6) is 0 Å². The van der Waals surface area contributed by atoms with Crippen molar-refractivity contribution < 1.29 is 9.72 Å². The lowest BCUT2D eigenvalue weighted by Gasteiger charge is -2.09. The number of benzene rings is 2. The summed E-state index contributed by atoms with van der Waals surface area (Å²) in [6, 6.07) is 11.0. The molecule has 4 heteroatoms. The molecule has 0 heterocycles. The predicted octanol–water partition coefficient (Wildman–Crippen LogP) is 4.36. The monoisotopic (exact) mass is 270 g/mol. The third-order valence-electron chi connectivity index (χ3n) is 3.43. The highest BCUT2D eigenvalue weighted by Crippen LogP contribution is 2.27. The maximum atomic E-state index is 12.4. The number of rotatable bonds is 2. The zero-order valence-corrected chi connectivity index (χ0v) is 12.2. The van der Waals surface area contributed by atoms with E-state index in [0.29, 0.717) is 21.1 Å². The summed E-state index contributed by atoms with van der Waals surface area (Å²) >= 11 is 0. The van der Waals surface area contributed by atoms with Gasteiger partial charge in [0.25, 0.3) is 11.4 Å². The van der Waals surface area contributed by atoms with Gasteiger partial charge in [-0.05, 0) is 27.7 Å². The fourth-order valence-electron chi connectivity index (χ4n) is 2.40. The minimum Gasteiger partial charge on any atom is -0.561 e. The Morgan fingerprint density at radius 2 is 0.850 bits per heavy atom. The van der Waals surface area contributed by atoms with Gasteiger partial charge in [0.05, 0.1) is 9.72 Å². The zero-order chi connectivity index (χ0) is 14.9. The first-order valence-electron chi connectivity index (χ1n) is 6.50. The molecule has 0 spiro atoms. The van der Waals surface area contributed by atoms with Gasteiger partial charge >= 0.3 is 0 Å². The highest BCUT2D eigenvalue weighted by atomic mass is 16.6. The number of para-hydroxylation sites is 2. The van der Waals surface area contributed by atoms with Gasteiger partial charge in [-0.3, -0.25) is 0 Å². The molecule has 0 fully saturated rings. The van der Waals surface area contributed by atoms with Crippen LogP contribution < -0.4 is 0 Å². The van der Waals surface area contributed by atoms with Crippen LogP contribution in [0.25, 0.3) is 0 Å². The molecule has 0 aliphatic heterocycles. The molecule has 2 rings (SSSR count). The molecule has 0 aliphatic rings. The summed E-state index contributed by atoms with van der Waals surface area (Å²) in [6.45, 7) is 7.30. The first kappa shape index (κ1) is 14.1. The van der Waals surface area contributed by atoms with Gasteiger partial charge in [0.15, 0.2) is 0 Å². The first-order valence-corrected chi connectivity index (χ1v) is 6.50. The van der Waals surface area contributed by atoms with E-state index in [4.69, 9.17) is 0 Å². The van der Waals surface area contributed by atoms with E-state index >= 15 is 0 Å². The summed E-state index contributed by atoms with van der Waals surface area (Å²) in [5, 5.41) is 24.8. The largest absolute Gasteiger partial charge is 0.561 e. The SMILES string of the molecule is Cc1cccc(C)c1/[N+]([O-])=[N+](\[O-])c1c(C)cccc1C. The number of aryl methyl sites for hydroxylation is 4. The van der Waals surface area contributed by atoms with E-state index in [9.17, 15) is 10.4 Å². The topological polar surface area (TPSA) is 52.1 Å². The second-order valence-corrected chi connectivity index (χ2v) is 5.03. The van der Waals surface area contributed by atoms with Gasteiger partial charge in [-0.25, -0.2) is 0 Å². The van der Waals surface area contributed by atoms with E-state index in [1.807, 2.05) is 64.1 Å². The standard InChI is InChI=1S/C16H18N2O2/c1-11-7-5-8-12(2)15(11)17(19)18(20)16-13(3)9-6-10-14(16)4/h5-10H,1-4H3/b18-17+. The van der Waals surface area contributed by atoms with Gasteiger partial charge in [-0.15, -0.1) is 0 Å². The Bertz CT molecular complexity index is 591. The lowest BCUT2D eigenvalue weighted by molar-refractivity contribution is -0.897. The van der Waals surface area contributed by atoms with E-state index in [1.165, 1.54) is 0 Å². The van der Waals surface area contributed by atoms with Crippen molar-refractivity contribution in [2.75, 3.05) is 0 Å². The second-order valence-electron chi connectivity index (χ2n) is 5.03. The van der Waals surface area contributed by atoms with Crippen molar-refractivity contribution >= 4 is 11.4 Å². The maximum Gasteiger partial charge on any atom is 0.293 e. The van der Waals surface area contributed by atoms with Crippen LogP contribution in [0.4, 0.5) is 11.4 Å². The van der Waals surface area contributed by atoms with Crippen LogP contribution in [0.1, 0.15) is 22.3 Å². The van der Waals surface area contributed by atoms with Gasteiger partial charge in [0.1, 0.15) is 0 Å². The second kappa shape index (κ2) is 5.33. The zero-order valence-electron chi connectivity index (χ0n) is 12.2. The molecule has 0 radical (unpaired) electrons. The summed E-state index contributed by atoms with van der Waals surface area (Å²) in [5.74, 6) is 0. The van der Waals surface area contributed by atoms with E-state index in [-0.39, 0.29) is 0 Å². The van der Waals surface area contributed by atoms with Crippen LogP contribution in [0.15, 0.2) is 36.4 Å². The van der Waals surface area contributed by atoms with E-state index in [2.05, 4.69) is 0 Å². The van der Waals surface area contributed by atoms with Crippen molar-refractivity contribution in [3.8, 4) is 0 Å². The minimum absolute atomic E-state index is 0.408. The molecule has 0 unspecified atom stereocenters. The predicted molar refractivity (Wildman–Crippen MR) is 78.4 cm³/mol. The van der Waals surface area contributed by atoms with E-state index in [1.54, 1.807) is 0 Å². The van der Waals surface area contributed by atoms with Crippen molar-refractivity contribution in [1.29, 1.82) is 0 Å². The molecule has 0 saturated heterocycles. The van der Waals surface area contributed by atoms with Crippen molar-refractivity contribution in [1.82, 2.24) is 0 Å². The molecule has 20 heavy (non-hydrogen) atoms. The van der Waals surface area contributed by atoms with Crippen LogP contribution in [0, 0.1) is 38.1 Å². The Kier molecular flexibility index (Phi) is 3.74. The third-order valence-corrected chi connectivity index (χ3v) is 3.43. The average molecular weight is 270 g/mol. The van der Waals surface area contributed by atoms with Crippen molar-refractivity contribution in [2.24, 2.45) is 0 Å². The molecule has 0 N–H and O–H groups in total. The van der Waals surface area contributed by atoms with Crippen LogP contribution in [-0.2, 0) is 0 Å². The molecule has 0 aliphatic carbocycles. The summed E-state index contributed by atoms with van der Waals surface area (Å²) in [4.78, 5) is 0.861. The molecule has 0 atom stereocenters. The molecule has 2 aromatic rings. The van der Waals surface area contributed by atoms with E-state index < -0.39 is 0 Å². The lowest BCUT2D eigenvalue weighted by Crippen LogP contribution is -2.12. The smallest absolute Gasteiger partial charge is 0.293 e. The number of hydrogen-bond acceptors (Lipinski definition) is 2. The summed E-state index contributed by atoms with van der Waals surface area (Å²) in [6.07, 6.45) is 0. The number of azo groups is 1. The average Bonchev–Trinajstić information content (AvgIpc) is 2.37. The van der Waals surface area contributed by atoms with Crippen molar-refractivity contribution in [3.05, 3.63) is 69.1 Å². The van der Waals surface area contributed by atoms with Gasteiger partial charge in [0, 0.05) is 22.3 Å². The molecular formula is C16H18N2O2. The molecule has 0 aromatic heterocycles. The Hall–Kier alpha value is -2.36. The number of hydrogen-bond donors (Lipinski definition) is 0. The Morgan fingerprint density at radius 3 is 1.10 bits per heavy atom. The molecule has 104 valence electrons. The van der Waals surface area contributed by atoms with Gasteiger partial charge in [-0.2, -0.15) is 0 Å². The third kappa shape index (κ3) is 2.37. The highest BCUT2D eigenvalue weighted by molar-refractivity contribution is 5.47. The van der Waals surface area contributed by atoms with Crippen molar-refractivity contribution in [3.63, 3.8) is 0 Å². The molecule has 0 bridgehead atoms. The highest BCUT2D eigenvalue weighted by Gasteiger charge is 2.23. The Labute approximate surface area is 118 Å². The summed E-state index contributed by atoms with van der Waals surface area (Å²) < 4.78 is 0. The minimum atomic E-state index is 0.408. The molecule has 0 saturated carbocycles. The van der Waals surface area contributed by atoms with Gasteiger partial charge < -0.3 is 10.4 Å². The molecular weight excluding hydrogens is 252 g/mol. The van der Waals surface area contributed by atoms with E-state index in [0.717, 1.165) is 22.3 Å². The Balaban J connectivity index is 2.69. The van der Waals surface area contributed by atoms with Crippen LogP contribution in [0.2, 0.25) is 0 Å². The summed E-state index contributed by atoms with van der Waals surface area (Å²) in [5.41, 5.74) is 3.95. The maximum absolute atomic E-state index is 12.4. The normalized spacial score (nSPS) is 12.2. The van der Waals surface area contributed by atoms with Crippen LogP contribution in [-0.4, -0.2) is 9.72 Å².